The van der Waals surface area contributed by atoms with Crippen molar-refractivity contribution in [3.8, 4) is 11.5 Å². The summed E-state index contributed by atoms with van der Waals surface area (Å²) in [6.45, 7) is -0.563. The van der Waals surface area contributed by atoms with Gasteiger partial charge in [-0.15, -0.1) is 0 Å². The molecule has 5 nitrogen and oxygen atoms in total. The molecule has 0 radical (unpaired) electrons. The fraction of sp³-hybridized carbons (Fsp3) is 0.375. The largest absolute Gasteiger partial charge is 0.444 e. The van der Waals surface area contributed by atoms with Gasteiger partial charge in [0.15, 0.2) is 0 Å². The average molecular weight is 374 g/mol. The van der Waals surface area contributed by atoms with E-state index in [0.717, 1.165) is 10.5 Å². The molecular weight excluding hydrogens is 359 g/mol. The summed E-state index contributed by atoms with van der Waals surface area (Å²) in [6.07, 6.45) is -2.90. The van der Waals surface area contributed by atoms with Crippen molar-refractivity contribution < 1.29 is 22.4 Å². The molecule has 1 aromatic carbocycles. The van der Waals surface area contributed by atoms with E-state index in [2.05, 4.69) is 4.98 Å². The van der Waals surface area contributed by atoms with Crippen LogP contribution in [0.1, 0.15) is 5.69 Å². The number of carbonyl (C=O) groups is 1. The summed E-state index contributed by atoms with van der Waals surface area (Å²) in [5, 5.41) is 0.559. The highest BCUT2D eigenvalue weighted by atomic mass is 35.5. The van der Waals surface area contributed by atoms with Crippen LogP contribution in [0, 0.1) is 0 Å². The highest BCUT2D eigenvalue weighted by Gasteiger charge is 2.35. The molecule has 1 saturated heterocycles. The van der Waals surface area contributed by atoms with E-state index in [4.69, 9.17) is 16.0 Å². The summed E-state index contributed by atoms with van der Waals surface area (Å²) in [5.74, 6) is -0.137. The van der Waals surface area contributed by atoms with Crippen LogP contribution in [0.4, 0.5) is 13.2 Å². The van der Waals surface area contributed by atoms with Gasteiger partial charge in [0.25, 0.3) is 0 Å². The maximum atomic E-state index is 12.4. The highest BCUT2D eigenvalue weighted by molar-refractivity contribution is 6.30. The van der Waals surface area contributed by atoms with Crippen LogP contribution in [0.25, 0.3) is 11.5 Å². The van der Waals surface area contributed by atoms with Gasteiger partial charge < -0.3 is 9.32 Å². The third kappa shape index (κ3) is 4.73. The van der Waals surface area contributed by atoms with Crippen molar-refractivity contribution in [2.75, 3.05) is 26.2 Å². The van der Waals surface area contributed by atoms with E-state index in [1.165, 1.54) is 6.26 Å². The molecule has 0 atom stereocenters. The molecule has 9 heteroatoms. The van der Waals surface area contributed by atoms with Crippen LogP contribution in [0.3, 0.4) is 0 Å². The monoisotopic (exact) mass is 373 g/mol. The van der Waals surface area contributed by atoms with E-state index in [1.54, 1.807) is 29.2 Å². The van der Waals surface area contributed by atoms with Crippen LogP contribution in [0.5, 0.6) is 0 Å². The number of hydrogen-bond acceptors (Lipinski definition) is 4. The molecule has 0 unspecified atom stereocenters. The van der Waals surface area contributed by atoms with Crippen molar-refractivity contribution in [2.45, 2.75) is 12.7 Å². The lowest BCUT2D eigenvalue weighted by molar-refractivity contribution is -0.165. The SMILES string of the molecule is O=C1CN(Cc2coc(-c3cccc(Cl)c3)n2)CCN1CC(F)(F)F. The molecule has 1 aromatic heterocycles. The number of rotatable bonds is 4. The molecule has 2 heterocycles. The van der Waals surface area contributed by atoms with Crippen molar-refractivity contribution >= 4 is 17.5 Å². The summed E-state index contributed by atoms with van der Waals surface area (Å²) >= 11 is 5.93. The van der Waals surface area contributed by atoms with E-state index >= 15 is 0 Å². The maximum absolute atomic E-state index is 12.4. The van der Waals surface area contributed by atoms with Crippen molar-refractivity contribution in [1.82, 2.24) is 14.8 Å². The van der Waals surface area contributed by atoms with Gasteiger partial charge in [-0.25, -0.2) is 4.98 Å². The van der Waals surface area contributed by atoms with E-state index in [9.17, 15) is 18.0 Å². The fourth-order valence-electron chi connectivity index (χ4n) is 2.64. The van der Waals surface area contributed by atoms with Gasteiger partial charge in [0.1, 0.15) is 12.8 Å². The molecule has 0 saturated carbocycles. The van der Waals surface area contributed by atoms with Crippen LogP contribution in [0.15, 0.2) is 34.9 Å². The first-order valence-corrected chi connectivity index (χ1v) is 7.95. The number of halogens is 4. The third-order valence-electron chi connectivity index (χ3n) is 3.78. The quantitative estimate of drug-likeness (QED) is 0.825. The summed E-state index contributed by atoms with van der Waals surface area (Å²) in [7, 11) is 0. The standard InChI is InChI=1S/C16H15ClF3N3O2/c17-12-3-1-2-11(6-12)15-21-13(9-25-15)7-22-4-5-23(14(24)8-22)10-16(18,19)20/h1-3,6,9H,4-5,7-8,10H2. The second-order valence-corrected chi connectivity index (χ2v) is 6.23. The lowest BCUT2D eigenvalue weighted by Gasteiger charge is -2.34. The number of amides is 1. The molecule has 25 heavy (non-hydrogen) atoms. The van der Waals surface area contributed by atoms with Crippen LogP contribution in [0.2, 0.25) is 5.02 Å². The molecule has 0 N–H and O–H groups in total. The second kappa shape index (κ2) is 7.05. The minimum atomic E-state index is -4.38. The molecule has 1 aliphatic rings. The van der Waals surface area contributed by atoms with Gasteiger partial charge >= 0.3 is 6.18 Å². The molecule has 0 aliphatic carbocycles. The average Bonchev–Trinajstić information content (AvgIpc) is 2.97. The topological polar surface area (TPSA) is 49.6 Å². The predicted molar refractivity (Wildman–Crippen MR) is 84.9 cm³/mol. The Morgan fingerprint density at radius 2 is 2.08 bits per heavy atom. The lowest BCUT2D eigenvalue weighted by atomic mass is 10.2. The summed E-state index contributed by atoms with van der Waals surface area (Å²) in [4.78, 5) is 18.8. The van der Waals surface area contributed by atoms with Crippen molar-refractivity contribution in [3.63, 3.8) is 0 Å². The lowest BCUT2D eigenvalue weighted by Crippen LogP contribution is -2.52. The Bertz CT molecular complexity index is 763. The van der Waals surface area contributed by atoms with E-state index < -0.39 is 18.6 Å². The minimum Gasteiger partial charge on any atom is -0.444 e. The van der Waals surface area contributed by atoms with Gasteiger partial charge in [-0.2, -0.15) is 13.2 Å². The van der Waals surface area contributed by atoms with Gasteiger partial charge in [-0.3, -0.25) is 9.69 Å². The summed E-state index contributed by atoms with van der Waals surface area (Å²) in [6, 6.07) is 7.04. The number of piperazine rings is 1. The summed E-state index contributed by atoms with van der Waals surface area (Å²) < 4.78 is 42.7. The Hall–Kier alpha value is -2.06. The number of hydrogen-bond donors (Lipinski definition) is 0. The van der Waals surface area contributed by atoms with Crippen molar-refractivity contribution in [1.29, 1.82) is 0 Å². The van der Waals surface area contributed by atoms with Gasteiger partial charge in [-0.05, 0) is 18.2 Å². The zero-order chi connectivity index (χ0) is 18.0. The first kappa shape index (κ1) is 17.8. The molecule has 0 bridgehead atoms. The Kier molecular flexibility index (Phi) is 5.01. The molecule has 134 valence electrons. The smallest absolute Gasteiger partial charge is 0.406 e. The van der Waals surface area contributed by atoms with Gasteiger partial charge in [0, 0.05) is 30.2 Å². The number of benzene rings is 1. The second-order valence-electron chi connectivity index (χ2n) is 5.80. The Morgan fingerprint density at radius 1 is 1.28 bits per heavy atom. The number of nitrogens with zero attached hydrogens (tertiary/aromatic N) is 3. The Morgan fingerprint density at radius 3 is 2.76 bits per heavy atom. The molecular formula is C16H15ClF3N3O2. The van der Waals surface area contributed by atoms with E-state index in [0.29, 0.717) is 29.7 Å². The first-order valence-electron chi connectivity index (χ1n) is 7.57. The Labute approximate surface area is 147 Å². The number of carbonyl (C=O) groups excluding carboxylic acids is 1. The molecule has 1 fully saturated rings. The number of alkyl halides is 3. The predicted octanol–water partition coefficient (Wildman–Crippen LogP) is 3.20. The van der Waals surface area contributed by atoms with Gasteiger partial charge in [0.2, 0.25) is 11.8 Å². The van der Waals surface area contributed by atoms with Gasteiger partial charge in [-0.1, -0.05) is 17.7 Å². The van der Waals surface area contributed by atoms with E-state index in [1.807, 2.05) is 0 Å². The number of oxazole rings is 1. The number of aromatic nitrogens is 1. The van der Waals surface area contributed by atoms with Crippen LogP contribution < -0.4 is 0 Å². The normalized spacial score (nSPS) is 16.5. The Balaban J connectivity index is 1.60. The third-order valence-corrected chi connectivity index (χ3v) is 4.01. The van der Waals surface area contributed by atoms with Crippen molar-refractivity contribution in [2.24, 2.45) is 0 Å². The summed E-state index contributed by atoms with van der Waals surface area (Å²) in [5.41, 5.74) is 1.33. The van der Waals surface area contributed by atoms with Crippen LogP contribution in [-0.4, -0.2) is 53.0 Å². The van der Waals surface area contributed by atoms with E-state index in [-0.39, 0.29) is 13.1 Å². The van der Waals surface area contributed by atoms with Gasteiger partial charge in [0.05, 0.1) is 12.2 Å². The first-order chi connectivity index (χ1) is 11.8. The molecule has 1 aliphatic heterocycles. The van der Waals surface area contributed by atoms with Crippen molar-refractivity contribution in [3.05, 3.63) is 41.2 Å². The van der Waals surface area contributed by atoms with Crippen LogP contribution >= 0.6 is 11.6 Å². The minimum absolute atomic E-state index is 0.0390. The molecule has 3 rings (SSSR count). The zero-order valence-corrected chi connectivity index (χ0v) is 13.8. The fourth-order valence-corrected chi connectivity index (χ4v) is 2.83. The van der Waals surface area contributed by atoms with Crippen LogP contribution in [-0.2, 0) is 11.3 Å². The zero-order valence-electron chi connectivity index (χ0n) is 13.1. The molecule has 2 aromatic rings. The highest BCUT2D eigenvalue weighted by Crippen LogP contribution is 2.23. The molecule has 1 amide bonds. The molecule has 0 spiro atoms. The maximum Gasteiger partial charge on any atom is 0.406 e.